The van der Waals surface area contributed by atoms with E-state index in [1.165, 1.54) is 31.4 Å². The van der Waals surface area contributed by atoms with Crippen LogP contribution in [0.25, 0.3) is 0 Å². The molecule has 1 saturated heterocycles. The minimum atomic E-state index is 0.448. The Morgan fingerprint density at radius 1 is 1.67 bits per heavy atom. The normalized spacial score (nSPS) is 24.5. The maximum absolute atomic E-state index is 5.92. The molecule has 0 radical (unpaired) electrons. The summed E-state index contributed by atoms with van der Waals surface area (Å²) in [7, 11) is 0. The van der Waals surface area contributed by atoms with Crippen molar-refractivity contribution in [1.82, 2.24) is 4.90 Å². The largest absolute Gasteiger partial charge is 0.329 e. The maximum Gasteiger partial charge on any atom is 0.0481 e. The molecule has 0 bridgehead atoms. The summed E-state index contributed by atoms with van der Waals surface area (Å²) in [6.45, 7) is 4.24. The Balaban J connectivity index is 2.12. The van der Waals surface area contributed by atoms with E-state index in [1.807, 2.05) is 0 Å². The second-order valence-electron chi connectivity index (χ2n) is 4.25. The SMILES string of the molecule is CCC1CCCN1C(CN)c1ccsc1. The predicted octanol–water partition coefficient (Wildman–Crippen LogP) is 2.62. The predicted molar refractivity (Wildman–Crippen MR) is 66.1 cm³/mol. The fourth-order valence-electron chi connectivity index (χ4n) is 2.63. The topological polar surface area (TPSA) is 29.3 Å². The highest BCUT2D eigenvalue weighted by molar-refractivity contribution is 7.07. The lowest BCUT2D eigenvalue weighted by Gasteiger charge is -2.31. The zero-order valence-electron chi connectivity index (χ0n) is 9.36. The first kappa shape index (κ1) is 11.1. The summed E-state index contributed by atoms with van der Waals surface area (Å²) >= 11 is 1.77. The first-order valence-electron chi connectivity index (χ1n) is 5.84. The van der Waals surface area contributed by atoms with E-state index < -0.39 is 0 Å². The van der Waals surface area contributed by atoms with Crippen LogP contribution in [-0.2, 0) is 0 Å². The summed E-state index contributed by atoms with van der Waals surface area (Å²) in [4.78, 5) is 2.60. The fourth-order valence-corrected chi connectivity index (χ4v) is 3.34. The van der Waals surface area contributed by atoms with Gasteiger partial charge in [-0.25, -0.2) is 0 Å². The summed E-state index contributed by atoms with van der Waals surface area (Å²) in [5.41, 5.74) is 7.33. The average Bonchev–Trinajstić information content (AvgIpc) is 2.89. The van der Waals surface area contributed by atoms with Crippen LogP contribution in [0.3, 0.4) is 0 Å². The van der Waals surface area contributed by atoms with Crippen molar-refractivity contribution < 1.29 is 0 Å². The second kappa shape index (κ2) is 5.10. The summed E-state index contributed by atoms with van der Waals surface area (Å²) in [5.74, 6) is 0. The van der Waals surface area contributed by atoms with Crippen LogP contribution in [0.4, 0.5) is 0 Å². The molecule has 0 spiro atoms. The quantitative estimate of drug-likeness (QED) is 0.852. The first-order chi connectivity index (χ1) is 7.36. The molecule has 0 saturated carbocycles. The molecular formula is C12H20N2S. The molecule has 2 N–H and O–H groups in total. The molecule has 2 heterocycles. The first-order valence-corrected chi connectivity index (χ1v) is 6.79. The van der Waals surface area contributed by atoms with Crippen LogP contribution in [0.2, 0.25) is 0 Å². The molecule has 0 aromatic carbocycles. The lowest BCUT2D eigenvalue weighted by atomic mass is 10.1. The molecule has 2 nitrogen and oxygen atoms in total. The average molecular weight is 224 g/mol. The third kappa shape index (κ3) is 2.25. The minimum Gasteiger partial charge on any atom is -0.329 e. The Hall–Kier alpha value is -0.380. The molecule has 1 aromatic heterocycles. The van der Waals surface area contributed by atoms with Crippen molar-refractivity contribution in [2.45, 2.75) is 38.3 Å². The van der Waals surface area contributed by atoms with Gasteiger partial charge < -0.3 is 5.73 Å². The van der Waals surface area contributed by atoms with E-state index in [0.29, 0.717) is 6.04 Å². The summed E-state index contributed by atoms with van der Waals surface area (Å²) in [6, 6.07) is 3.41. The Morgan fingerprint density at radius 2 is 2.53 bits per heavy atom. The van der Waals surface area contributed by atoms with Crippen molar-refractivity contribution in [3.8, 4) is 0 Å². The van der Waals surface area contributed by atoms with Crippen LogP contribution >= 0.6 is 11.3 Å². The third-order valence-corrected chi connectivity index (χ3v) is 4.15. The molecule has 2 rings (SSSR count). The van der Waals surface area contributed by atoms with E-state index in [9.17, 15) is 0 Å². The molecule has 3 heteroatoms. The van der Waals surface area contributed by atoms with Crippen molar-refractivity contribution in [3.05, 3.63) is 22.4 Å². The van der Waals surface area contributed by atoms with Gasteiger partial charge in [-0.2, -0.15) is 11.3 Å². The Kier molecular flexibility index (Phi) is 3.78. The number of nitrogens with zero attached hydrogens (tertiary/aromatic N) is 1. The smallest absolute Gasteiger partial charge is 0.0481 e. The lowest BCUT2D eigenvalue weighted by molar-refractivity contribution is 0.180. The molecule has 1 aliphatic heterocycles. The molecule has 2 unspecified atom stereocenters. The van der Waals surface area contributed by atoms with Gasteiger partial charge in [0.05, 0.1) is 0 Å². The van der Waals surface area contributed by atoms with E-state index in [2.05, 4.69) is 28.7 Å². The molecule has 2 atom stereocenters. The number of nitrogens with two attached hydrogens (primary N) is 1. The molecule has 0 aliphatic carbocycles. The van der Waals surface area contributed by atoms with Gasteiger partial charge in [0.15, 0.2) is 0 Å². The third-order valence-electron chi connectivity index (χ3n) is 3.45. The van der Waals surface area contributed by atoms with Crippen LogP contribution < -0.4 is 5.73 Å². The summed E-state index contributed by atoms with van der Waals surface area (Å²) < 4.78 is 0. The lowest BCUT2D eigenvalue weighted by Crippen LogP contribution is -2.36. The van der Waals surface area contributed by atoms with Crippen LogP contribution in [0, 0.1) is 0 Å². The van der Waals surface area contributed by atoms with Gasteiger partial charge in [-0.1, -0.05) is 6.92 Å². The van der Waals surface area contributed by atoms with E-state index in [-0.39, 0.29) is 0 Å². The highest BCUT2D eigenvalue weighted by Gasteiger charge is 2.29. The molecular weight excluding hydrogens is 204 g/mol. The zero-order chi connectivity index (χ0) is 10.7. The minimum absolute atomic E-state index is 0.448. The Labute approximate surface area is 96.1 Å². The van der Waals surface area contributed by atoms with Gasteiger partial charge in [0.2, 0.25) is 0 Å². The van der Waals surface area contributed by atoms with Crippen LogP contribution in [0.15, 0.2) is 16.8 Å². The van der Waals surface area contributed by atoms with Gasteiger partial charge in [0.25, 0.3) is 0 Å². The number of hydrogen-bond donors (Lipinski definition) is 1. The molecule has 1 fully saturated rings. The number of likely N-dealkylation sites (tertiary alicyclic amines) is 1. The molecule has 84 valence electrons. The highest BCUT2D eigenvalue weighted by atomic mass is 32.1. The van der Waals surface area contributed by atoms with Gasteiger partial charge in [-0.05, 0) is 48.2 Å². The van der Waals surface area contributed by atoms with Gasteiger partial charge in [-0.3, -0.25) is 4.90 Å². The Bertz CT molecular complexity index is 284. The van der Waals surface area contributed by atoms with E-state index in [4.69, 9.17) is 5.73 Å². The van der Waals surface area contributed by atoms with Crippen LogP contribution in [-0.4, -0.2) is 24.0 Å². The van der Waals surface area contributed by atoms with Crippen LogP contribution in [0.1, 0.15) is 37.8 Å². The van der Waals surface area contributed by atoms with Crippen molar-refractivity contribution in [2.75, 3.05) is 13.1 Å². The standard InChI is InChI=1S/C12H20N2S/c1-2-11-4-3-6-14(11)12(8-13)10-5-7-15-9-10/h5,7,9,11-12H,2-4,6,8,13H2,1H3. The summed E-state index contributed by atoms with van der Waals surface area (Å²) in [5, 5.41) is 4.39. The number of thiophene rings is 1. The highest BCUT2D eigenvalue weighted by Crippen LogP contribution is 2.31. The van der Waals surface area contributed by atoms with Crippen LogP contribution in [0.5, 0.6) is 0 Å². The van der Waals surface area contributed by atoms with Gasteiger partial charge in [0, 0.05) is 18.6 Å². The van der Waals surface area contributed by atoms with E-state index in [1.54, 1.807) is 11.3 Å². The van der Waals surface area contributed by atoms with E-state index in [0.717, 1.165) is 12.6 Å². The molecule has 15 heavy (non-hydrogen) atoms. The van der Waals surface area contributed by atoms with Crippen molar-refractivity contribution in [2.24, 2.45) is 5.73 Å². The monoisotopic (exact) mass is 224 g/mol. The van der Waals surface area contributed by atoms with Crippen molar-refractivity contribution in [1.29, 1.82) is 0 Å². The van der Waals surface area contributed by atoms with Gasteiger partial charge in [0.1, 0.15) is 0 Å². The maximum atomic E-state index is 5.92. The second-order valence-corrected chi connectivity index (χ2v) is 5.03. The molecule has 1 aliphatic rings. The molecule has 0 amide bonds. The Morgan fingerprint density at radius 3 is 3.13 bits per heavy atom. The van der Waals surface area contributed by atoms with Gasteiger partial charge in [-0.15, -0.1) is 0 Å². The fraction of sp³-hybridized carbons (Fsp3) is 0.667. The number of rotatable bonds is 4. The zero-order valence-corrected chi connectivity index (χ0v) is 10.2. The van der Waals surface area contributed by atoms with Crippen molar-refractivity contribution in [3.63, 3.8) is 0 Å². The number of hydrogen-bond acceptors (Lipinski definition) is 3. The van der Waals surface area contributed by atoms with E-state index >= 15 is 0 Å². The molecule has 1 aromatic rings. The van der Waals surface area contributed by atoms with Gasteiger partial charge >= 0.3 is 0 Å². The van der Waals surface area contributed by atoms with Crippen molar-refractivity contribution >= 4 is 11.3 Å². The summed E-state index contributed by atoms with van der Waals surface area (Å²) in [6.07, 6.45) is 3.93.